The highest BCUT2D eigenvalue weighted by Crippen LogP contribution is 2.18. The first-order chi connectivity index (χ1) is 12.7. The summed E-state index contributed by atoms with van der Waals surface area (Å²) in [4.78, 5) is 25.0. The molecule has 1 amide bonds. The van der Waals surface area contributed by atoms with Gasteiger partial charge in [-0.25, -0.2) is 9.97 Å². The lowest BCUT2D eigenvalue weighted by Crippen LogP contribution is -2.26. The maximum Gasteiger partial charge on any atom is 0.251 e. The van der Waals surface area contributed by atoms with Crippen LogP contribution >= 0.6 is 0 Å². The molecule has 0 bridgehead atoms. The van der Waals surface area contributed by atoms with Gasteiger partial charge in [0.2, 0.25) is 5.88 Å². The van der Waals surface area contributed by atoms with Crippen molar-refractivity contribution in [1.82, 2.24) is 24.8 Å². The van der Waals surface area contributed by atoms with Crippen LogP contribution in [-0.2, 0) is 0 Å². The largest absolute Gasteiger partial charge is 0.481 e. The van der Waals surface area contributed by atoms with Crippen molar-refractivity contribution in [1.29, 1.82) is 0 Å². The zero-order chi connectivity index (χ0) is 18.4. The molecule has 26 heavy (non-hydrogen) atoms. The van der Waals surface area contributed by atoms with E-state index in [0.29, 0.717) is 23.8 Å². The van der Waals surface area contributed by atoms with Crippen molar-refractivity contribution in [2.45, 2.75) is 19.4 Å². The Hall–Kier alpha value is -3.22. The van der Waals surface area contributed by atoms with Gasteiger partial charge in [0.25, 0.3) is 5.91 Å². The van der Waals surface area contributed by atoms with Crippen molar-refractivity contribution in [2.24, 2.45) is 0 Å². The number of aromatic nitrogens is 4. The molecule has 1 aromatic carbocycles. The molecule has 3 rings (SSSR count). The molecule has 1 N–H and O–H groups in total. The SMILES string of the molecule is COc1ccnc(-c2cccc(C(=O)NCC[C@H](C)n3ccnc3)c2)n1. The van der Waals surface area contributed by atoms with Crippen molar-refractivity contribution in [3.05, 3.63) is 60.8 Å². The molecule has 7 nitrogen and oxygen atoms in total. The molecule has 7 heteroatoms. The Labute approximate surface area is 152 Å². The first kappa shape index (κ1) is 17.6. The molecule has 0 spiro atoms. The van der Waals surface area contributed by atoms with Crippen LogP contribution in [0.15, 0.2) is 55.2 Å². The van der Waals surface area contributed by atoms with Gasteiger partial charge in [-0.2, -0.15) is 4.98 Å². The Balaban J connectivity index is 1.63. The fourth-order valence-electron chi connectivity index (χ4n) is 2.57. The standard InChI is InChI=1S/C19H21N5O2/c1-14(24-11-10-20-13-24)6-8-22-19(25)16-5-3-4-15(12-16)18-21-9-7-17(23-18)26-2/h3-5,7,9-14H,6,8H2,1-2H3,(H,22,25)/t14-/m0/s1. The minimum absolute atomic E-state index is 0.118. The molecule has 3 aromatic rings. The van der Waals surface area contributed by atoms with Gasteiger partial charge >= 0.3 is 0 Å². The summed E-state index contributed by atoms with van der Waals surface area (Å²) in [5, 5.41) is 2.95. The molecule has 0 fully saturated rings. The van der Waals surface area contributed by atoms with Crippen LogP contribution in [0, 0.1) is 0 Å². The zero-order valence-corrected chi connectivity index (χ0v) is 14.8. The lowest BCUT2D eigenvalue weighted by Gasteiger charge is -2.13. The van der Waals surface area contributed by atoms with E-state index in [1.807, 2.05) is 22.9 Å². The first-order valence-electron chi connectivity index (χ1n) is 8.40. The highest BCUT2D eigenvalue weighted by atomic mass is 16.5. The smallest absolute Gasteiger partial charge is 0.251 e. The third kappa shape index (κ3) is 4.24. The Morgan fingerprint density at radius 3 is 2.96 bits per heavy atom. The quantitative estimate of drug-likeness (QED) is 0.708. The monoisotopic (exact) mass is 351 g/mol. The van der Waals surface area contributed by atoms with Crippen molar-refractivity contribution < 1.29 is 9.53 Å². The number of methoxy groups -OCH3 is 1. The van der Waals surface area contributed by atoms with Gasteiger partial charge in [-0.05, 0) is 25.5 Å². The molecule has 0 saturated carbocycles. The molecule has 2 aromatic heterocycles. The first-order valence-corrected chi connectivity index (χ1v) is 8.40. The predicted molar refractivity (Wildman–Crippen MR) is 97.9 cm³/mol. The average molecular weight is 351 g/mol. The van der Waals surface area contributed by atoms with E-state index < -0.39 is 0 Å². The number of hydrogen-bond acceptors (Lipinski definition) is 5. The maximum atomic E-state index is 12.4. The van der Waals surface area contributed by atoms with E-state index in [4.69, 9.17) is 4.74 Å². The van der Waals surface area contributed by atoms with Crippen molar-refractivity contribution >= 4 is 5.91 Å². The summed E-state index contributed by atoms with van der Waals surface area (Å²) in [5.74, 6) is 0.888. The summed E-state index contributed by atoms with van der Waals surface area (Å²) in [7, 11) is 1.56. The van der Waals surface area contributed by atoms with Gasteiger partial charge in [-0.3, -0.25) is 4.79 Å². The fourth-order valence-corrected chi connectivity index (χ4v) is 2.57. The van der Waals surface area contributed by atoms with Crippen molar-refractivity contribution in [2.75, 3.05) is 13.7 Å². The number of rotatable bonds is 7. The molecule has 0 aliphatic carbocycles. The zero-order valence-electron chi connectivity index (χ0n) is 14.8. The van der Waals surface area contributed by atoms with Gasteiger partial charge in [0, 0.05) is 48.4 Å². The predicted octanol–water partition coefficient (Wildman–Crippen LogP) is 2.73. The topological polar surface area (TPSA) is 81.9 Å². The molecule has 0 unspecified atom stereocenters. The molecule has 0 aliphatic heterocycles. The van der Waals surface area contributed by atoms with E-state index in [-0.39, 0.29) is 11.9 Å². The summed E-state index contributed by atoms with van der Waals surface area (Å²) >= 11 is 0. The second-order valence-corrected chi connectivity index (χ2v) is 5.91. The Morgan fingerprint density at radius 1 is 1.31 bits per heavy atom. The summed E-state index contributed by atoms with van der Waals surface area (Å²) in [5.41, 5.74) is 1.34. The highest BCUT2D eigenvalue weighted by molar-refractivity contribution is 5.95. The number of hydrogen-bond donors (Lipinski definition) is 1. The van der Waals surface area contributed by atoms with Crippen LogP contribution in [-0.4, -0.2) is 39.1 Å². The number of carbonyl (C=O) groups excluding carboxylic acids is 1. The third-order valence-electron chi connectivity index (χ3n) is 4.10. The summed E-state index contributed by atoms with van der Waals surface area (Å²) in [6, 6.07) is 9.20. The van der Waals surface area contributed by atoms with Crippen LogP contribution in [0.2, 0.25) is 0 Å². The number of nitrogens with one attached hydrogen (secondary N) is 1. The lowest BCUT2D eigenvalue weighted by molar-refractivity contribution is 0.0952. The molecule has 2 heterocycles. The minimum Gasteiger partial charge on any atom is -0.481 e. The number of amides is 1. The third-order valence-corrected chi connectivity index (χ3v) is 4.10. The highest BCUT2D eigenvalue weighted by Gasteiger charge is 2.10. The molecule has 0 saturated heterocycles. The second-order valence-electron chi connectivity index (χ2n) is 5.91. The molecule has 0 aliphatic rings. The number of benzene rings is 1. The number of nitrogens with zero attached hydrogens (tertiary/aromatic N) is 4. The molecule has 1 atom stereocenters. The number of carbonyl (C=O) groups is 1. The maximum absolute atomic E-state index is 12.4. The summed E-state index contributed by atoms with van der Waals surface area (Å²) < 4.78 is 7.14. The second kappa shape index (κ2) is 8.24. The summed E-state index contributed by atoms with van der Waals surface area (Å²) in [6.07, 6.45) is 7.90. The van der Waals surface area contributed by atoms with Gasteiger partial charge in [-0.15, -0.1) is 0 Å². The van der Waals surface area contributed by atoms with Gasteiger partial charge in [0.1, 0.15) is 0 Å². The van der Waals surface area contributed by atoms with Crippen molar-refractivity contribution in [3.63, 3.8) is 0 Å². The van der Waals surface area contributed by atoms with Gasteiger partial charge in [0.15, 0.2) is 5.82 Å². The van der Waals surface area contributed by atoms with Crippen LogP contribution in [0.1, 0.15) is 29.7 Å². The van der Waals surface area contributed by atoms with Crippen LogP contribution in [0.25, 0.3) is 11.4 Å². The molecular formula is C19H21N5O2. The fraction of sp³-hybridized carbons (Fsp3) is 0.263. The van der Waals surface area contributed by atoms with Gasteiger partial charge < -0.3 is 14.6 Å². The van der Waals surface area contributed by atoms with E-state index >= 15 is 0 Å². The molecule has 134 valence electrons. The molecular weight excluding hydrogens is 330 g/mol. The van der Waals surface area contributed by atoms with Gasteiger partial charge in [-0.1, -0.05) is 12.1 Å². The van der Waals surface area contributed by atoms with E-state index in [1.165, 1.54) is 0 Å². The minimum atomic E-state index is -0.118. The molecule has 0 radical (unpaired) electrons. The van der Waals surface area contributed by atoms with Crippen LogP contribution in [0.4, 0.5) is 0 Å². The Kier molecular flexibility index (Phi) is 5.58. The van der Waals surface area contributed by atoms with Crippen LogP contribution in [0.5, 0.6) is 5.88 Å². The number of imidazole rings is 1. The van der Waals surface area contributed by atoms with Crippen LogP contribution in [0.3, 0.4) is 0 Å². The Morgan fingerprint density at radius 2 is 2.19 bits per heavy atom. The Bertz CT molecular complexity index is 864. The number of ether oxygens (including phenoxy) is 1. The van der Waals surface area contributed by atoms with Crippen molar-refractivity contribution in [3.8, 4) is 17.3 Å². The lowest BCUT2D eigenvalue weighted by atomic mass is 10.1. The average Bonchev–Trinajstić information content (AvgIpc) is 3.23. The summed E-state index contributed by atoms with van der Waals surface area (Å²) in [6.45, 7) is 2.67. The normalized spacial score (nSPS) is 11.8. The van der Waals surface area contributed by atoms with Crippen LogP contribution < -0.4 is 10.1 Å². The van der Waals surface area contributed by atoms with E-state index in [1.54, 1.807) is 44.0 Å². The van der Waals surface area contributed by atoms with E-state index in [2.05, 4.69) is 27.2 Å². The van der Waals surface area contributed by atoms with Gasteiger partial charge in [0.05, 0.1) is 13.4 Å². The van der Waals surface area contributed by atoms with E-state index in [0.717, 1.165) is 12.0 Å². The van der Waals surface area contributed by atoms with E-state index in [9.17, 15) is 4.79 Å².